The lowest BCUT2D eigenvalue weighted by atomic mass is 9.97. The number of nitrogens with one attached hydrogen (secondary N) is 1. The van der Waals surface area contributed by atoms with Gasteiger partial charge in [0.05, 0.1) is 22.8 Å². The van der Waals surface area contributed by atoms with Gasteiger partial charge in [0.15, 0.2) is 0 Å². The van der Waals surface area contributed by atoms with Gasteiger partial charge in [-0.25, -0.2) is 22.1 Å². The summed E-state index contributed by atoms with van der Waals surface area (Å²) in [5.74, 6) is -1.66. The third-order valence-electron chi connectivity index (χ3n) is 6.20. The first kappa shape index (κ1) is 26.9. The minimum absolute atomic E-state index is 0.0257. The van der Waals surface area contributed by atoms with Crippen molar-refractivity contribution in [2.45, 2.75) is 44.8 Å². The number of carbonyl (C=O) groups is 1. The maximum atomic E-state index is 13.8. The second kappa shape index (κ2) is 10.3. The molecule has 13 heteroatoms. The van der Waals surface area contributed by atoms with Gasteiger partial charge in [0, 0.05) is 25.1 Å². The molecule has 1 saturated heterocycles. The summed E-state index contributed by atoms with van der Waals surface area (Å²) >= 11 is 0. The maximum absolute atomic E-state index is 13.8. The van der Waals surface area contributed by atoms with E-state index >= 15 is 0 Å². The number of fused-ring (bicyclic) bond motifs is 1. The summed E-state index contributed by atoms with van der Waals surface area (Å²) in [5.41, 5.74) is 1.17. The molecule has 1 fully saturated rings. The monoisotopic (exact) mass is 542 g/mol. The second-order valence-corrected chi connectivity index (χ2v) is 11.6. The van der Waals surface area contributed by atoms with Crippen LogP contribution in [-0.4, -0.2) is 52.9 Å². The lowest BCUT2D eigenvalue weighted by Crippen LogP contribution is -2.44. The molecular formula is C24H26F4N4O4S. The van der Waals surface area contributed by atoms with Gasteiger partial charge in [-0.15, -0.1) is 13.2 Å². The third kappa shape index (κ3) is 6.21. The number of imidazole rings is 1. The summed E-state index contributed by atoms with van der Waals surface area (Å²) in [4.78, 5) is 17.4. The molecule has 1 amide bonds. The van der Waals surface area contributed by atoms with Crippen LogP contribution in [0.3, 0.4) is 0 Å². The molecule has 1 aliphatic heterocycles. The van der Waals surface area contributed by atoms with Gasteiger partial charge in [0.2, 0.25) is 21.9 Å². The average molecular weight is 543 g/mol. The Balaban J connectivity index is 1.56. The van der Waals surface area contributed by atoms with Gasteiger partial charge in [-0.1, -0.05) is 12.1 Å². The summed E-state index contributed by atoms with van der Waals surface area (Å²) in [7, 11) is -3.42. The summed E-state index contributed by atoms with van der Waals surface area (Å²) in [6.45, 7) is 3.66. The van der Waals surface area contributed by atoms with Gasteiger partial charge in [-0.05, 0) is 56.5 Å². The van der Waals surface area contributed by atoms with Gasteiger partial charge in [-0.2, -0.15) is 0 Å². The van der Waals surface area contributed by atoms with E-state index in [0.29, 0.717) is 23.9 Å². The molecule has 0 saturated carbocycles. The molecule has 1 N–H and O–H groups in total. The molecule has 0 spiro atoms. The average Bonchev–Trinajstić information content (AvgIpc) is 3.13. The number of benzene rings is 2. The maximum Gasteiger partial charge on any atom is 0.573 e. The Kier molecular flexibility index (Phi) is 7.47. The van der Waals surface area contributed by atoms with Crippen LogP contribution in [0, 0.1) is 11.7 Å². The number of rotatable bonds is 7. The zero-order chi connectivity index (χ0) is 27.0. The van der Waals surface area contributed by atoms with Crippen LogP contribution in [0.25, 0.3) is 11.0 Å². The molecule has 0 aliphatic carbocycles. The first-order valence-electron chi connectivity index (χ1n) is 11.6. The number of amides is 1. The largest absolute Gasteiger partial charge is 0.573 e. The van der Waals surface area contributed by atoms with E-state index in [2.05, 4.69) is 15.0 Å². The van der Waals surface area contributed by atoms with Crippen LogP contribution in [0.5, 0.6) is 5.75 Å². The molecule has 0 unspecified atom stereocenters. The van der Waals surface area contributed by atoms with Crippen LogP contribution in [0.4, 0.5) is 23.5 Å². The SMILES string of the molecule is CC(C)S(=O)(=O)N1CCC(C(=O)Nc2nc3cc(F)ccc3n2Cc2cccc(OC(F)(F)F)c2)CC1. The molecule has 2 aromatic carbocycles. The highest BCUT2D eigenvalue weighted by atomic mass is 32.2. The number of hydrogen-bond donors (Lipinski definition) is 1. The number of nitrogens with zero attached hydrogens (tertiary/aromatic N) is 3. The molecular weight excluding hydrogens is 516 g/mol. The Morgan fingerprint density at radius 2 is 1.86 bits per heavy atom. The van der Waals surface area contributed by atoms with Crippen LogP contribution in [-0.2, 0) is 21.4 Å². The fourth-order valence-corrected chi connectivity index (χ4v) is 5.58. The van der Waals surface area contributed by atoms with Crippen LogP contribution < -0.4 is 10.1 Å². The molecule has 1 aliphatic rings. The quantitative estimate of drug-likeness (QED) is 0.444. The highest BCUT2D eigenvalue weighted by molar-refractivity contribution is 7.89. The molecule has 1 aromatic heterocycles. The first-order chi connectivity index (χ1) is 17.3. The predicted molar refractivity (Wildman–Crippen MR) is 129 cm³/mol. The zero-order valence-electron chi connectivity index (χ0n) is 20.1. The summed E-state index contributed by atoms with van der Waals surface area (Å²) < 4.78 is 83.6. The van der Waals surface area contributed by atoms with E-state index in [-0.39, 0.29) is 37.0 Å². The first-order valence-corrected chi connectivity index (χ1v) is 13.1. The smallest absolute Gasteiger partial charge is 0.406 e. The minimum atomic E-state index is -4.85. The molecule has 200 valence electrons. The van der Waals surface area contributed by atoms with Crippen LogP contribution in [0.2, 0.25) is 0 Å². The van der Waals surface area contributed by atoms with Gasteiger partial charge in [0.25, 0.3) is 0 Å². The summed E-state index contributed by atoms with van der Waals surface area (Å²) in [6, 6.07) is 9.28. The van der Waals surface area contributed by atoms with E-state index in [0.717, 1.165) is 0 Å². The van der Waals surface area contributed by atoms with E-state index < -0.39 is 39.1 Å². The lowest BCUT2D eigenvalue weighted by molar-refractivity contribution is -0.274. The summed E-state index contributed by atoms with van der Waals surface area (Å²) in [5, 5.41) is 2.19. The van der Waals surface area contributed by atoms with Crippen molar-refractivity contribution in [3.05, 3.63) is 53.8 Å². The number of sulfonamides is 1. The van der Waals surface area contributed by atoms with Gasteiger partial charge < -0.3 is 9.30 Å². The fraction of sp³-hybridized carbons (Fsp3) is 0.417. The molecule has 37 heavy (non-hydrogen) atoms. The number of alkyl halides is 3. The van der Waals surface area contributed by atoms with E-state index in [1.54, 1.807) is 24.5 Å². The van der Waals surface area contributed by atoms with Gasteiger partial charge >= 0.3 is 6.36 Å². The molecule has 3 aromatic rings. The fourth-order valence-electron chi connectivity index (χ4n) is 4.26. The van der Waals surface area contributed by atoms with E-state index in [9.17, 15) is 30.8 Å². The number of halogens is 4. The van der Waals surface area contributed by atoms with Crippen molar-refractivity contribution in [3.8, 4) is 5.75 Å². The molecule has 0 atom stereocenters. The second-order valence-electron chi connectivity index (χ2n) is 9.11. The van der Waals surface area contributed by atoms with E-state index in [1.165, 1.54) is 40.7 Å². The number of ether oxygens (including phenoxy) is 1. The molecule has 2 heterocycles. The number of piperidine rings is 1. The standard InChI is InChI=1S/C24H26F4N4O4S/c1-15(2)37(34,35)31-10-8-17(9-11-31)22(33)30-23-29-20-13-18(25)6-7-21(20)32(23)14-16-4-3-5-19(12-16)36-24(26,27)28/h3-7,12-13,15,17H,8-11,14H2,1-2H3,(H,29,30,33). The van der Waals surface area contributed by atoms with Crippen LogP contribution in [0.1, 0.15) is 32.3 Å². The van der Waals surface area contributed by atoms with E-state index in [4.69, 9.17) is 0 Å². The third-order valence-corrected chi connectivity index (χ3v) is 8.47. The Morgan fingerprint density at radius 3 is 2.51 bits per heavy atom. The number of anilines is 1. The van der Waals surface area contributed by atoms with Crippen molar-refractivity contribution in [3.63, 3.8) is 0 Å². The van der Waals surface area contributed by atoms with E-state index in [1.807, 2.05) is 0 Å². The van der Waals surface area contributed by atoms with Crippen molar-refractivity contribution < 1.29 is 35.5 Å². The Labute approximate surface area is 211 Å². The van der Waals surface area contributed by atoms with Crippen molar-refractivity contribution in [2.24, 2.45) is 5.92 Å². The van der Waals surface area contributed by atoms with Gasteiger partial charge in [0.1, 0.15) is 11.6 Å². The predicted octanol–water partition coefficient (Wildman–Crippen LogP) is 4.51. The molecule has 4 rings (SSSR count). The van der Waals surface area contributed by atoms with Crippen LogP contribution >= 0.6 is 0 Å². The Hall–Kier alpha value is -3.19. The Bertz CT molecular complexity index is 1400. The molecule has 0 radical (unpaired) electrons. The van der Waals surface area contributed by atoms with Crippen molar-refractivity contribution >= 4 is 32.9 Å². The normalized spacial score (nSPS) is 15.9. The lowest BCUT2D eigenvalue weighted by Gasteiger charge is -2.31. The zero-order valence-corrected chi connectivity index (χ0v) is 20.9. The van der Waals surface area contributed by atoms with Crippen molar-refractivity contribution in [2.75, 3.05) is 18.4 Å². The van der Waals surface area contributed by atoms with Crippen molar-refractivity contribution in [1.82, 2.24) is 13.9 Å². The minimum Gasteiger partial charge on any atom is -0.406 e. The molecule has 0 bridgehead atoms. The number of carbonyl (C=O) groups excluding carboxylic acids is 1. The summed E-state index contributed by atoms with van der Waals surface area (Å²) in [6.07, 6.45) is -4.20. The number of hydrogen-bond acceptors (Lipinski definition) is 5. The van der Waals surface area contributed by atoms with Crippen LogP contribution in [0.15, 0.2) is 42.5 Å². The van der Waals surface area contributed by atoms with Gasteiger partial charge in [-0.3, -0.25) is 10.1 Å². The Morgan fingerprint density at radius 1 is 1.16 bits per heavy atom. The highest BCUT2D eigenvalue weighted by Gasteiger charge is 2.33. The highest BCUT2D eigenvalue weighted by Crippen LogP contribution is 2.28. The number of aromatic nitrogens is 2. The van der Waals surface area contributed by atoms with Crippen molar-refractivity contribution in [1.29, 1.82) is 0 Å². The molecule has 8 nitrogen and oxygen atoms in total. The topological polar surface area (TPSA) is 93.5 Å².